The lowest BCUT2D eigenvalue weighted by Gasteiger charge is -2.05. The molecule has 1 N–H and O–H groups in total. The second-order valence-corrected chi connectivity index (χ2v) is 4.60. The van der Waals surface area contributed by atoms with Gasteiger partial charge < -0.3 is 5.32 Å². The molecule has 7 heteroatoms. The number of hydrogen-bond acceptors (Lipinski definition) is 4. The van der Waals surface area contributed by atoms with E-state index in [2.05, 4.69) is 14.1 Å². The molecule has 0 saturated heterocycles. The Morgan fingerprint density at radius 3 is 2.87 bits per heavy atom. The van der Waals surface area contributed by atoms with Crippen molar-refractivity contribution in [3.8, 4) is 0 Å². The normalized spacial score (nSPS) is 10.3. The van der Waals surface area contributed by atoms with Gasteiger partial charge in [-0.15, -0.1) is 0 Å². The predicted octanol–water partition coefficient (Wildman–Crippen LogP) is 3.68. The summed E-state index contributed by atoms with van der Waals surface area (Å²) in [5, 5.41) is 3.21. The van der Waals surface area contributed by atoms with Crippen molar-refractivity contribution in [2.45, 2.75) is 0 Å². The van der Waals surface area contributed by atoms with E-state index < -0.39 is 0 Å². The van der Waals surface area contributed by atoms with E-state index in [1.54, 1.807) is 12.1 Å². The fraction of sp³-hybridized carbons (Fsp3) is 0. The largest absolute Gasteiger partial charge is 0.336 e. The maximum Gasteiger partial charge on any atom is 0.187 e. The summed E-state index contributed by atoms with van der Waals surface area (Å²) in [6.07, 6.45) is 0. The molecule has 78 valence electrons. The summed E-state index contributed by atoms with van der Waals surface area (Å²) in [6.45, 7) is 0. The first-order valence-electron chi connectivity index (χ1n) is 3.87. The smallest absolute Gasteiger partial charge is 0.187 e. The van der Waals surface area contributed by atoms with Crippen molar-refractivity contribution in [2.75, 3.05) is 5.32 Å². The Kier molecular flexibility index (Phi) is 3.37. The third kappa shape index (κ3) is 2.37. The van der Waals surface area contributed by atoms with Gasteiger partial charge in [-0.25, -0.2) is 4.39 Å². The Morgan fingerprint density at radius 2 is 2.20 bits per heavy atom. The SMILES string of the molecule is Fc1cccc(Nc2nsnc2Cl)c1I. The molecule has 0 aliphatic rings. The van der Waals surface area contributed by atoms with Crippen molar-refractivity contribution >= 4 is 57.4 Å². The van der Waals surface area contributed by atoms with Crippen molar-refractivity contribution in [3.63, 3.8) is 0 Å². The molecule has 3 nitrogen and oxygen atoms in total. The minimum absolute atomic E-state index is 0.278. The topological polar surface area (TPSA) is 37.8 Å². The molecule has 0 unspecified atom stereocenters. The highest BCUT2D eigenvalue weighted by molar-refractivity contribution is 14.1. The van der Waals surface area contributed by atoms with Gasteiger partial charge in [0.15, 0.2) is 11.0 Å². The molecule has 1 aromatic carbocycles. The minimum Gasteiger partial charge on any atom is -0.336 e. The van der Waals surface area contributed by atoms with Crippen molar-refractivity contribution in [1.82, 2.24) is 8.75 Å². The highest BCUT2D eigenvalue weighted by atomic mass is 127. The van der Waals surface area contributed by atoms with Crippen LogP contribution in [0.1, 0.15) is 0 Å². The number of halogens is 3. The van der Waals surface area contributed by atoms with Crippen LogP contribution in [0, 0.1) is 9.39 Å². The number of hydrogen-bond donors (Lipinski definition) is 1. The second-order valence-electron chi connectivity index (χ2n) is 2.63. The maximum absolute atomic E-state index is 13.2. The zero-order chi connectivity index (χ0) is 10.8. The monoisotopic (exact) mass is 355 g/mol. The molecule has 0 saturated carbocycles. The van der Waals surface area contributed by atoms with Crippen LogP contribution in [0.4, 0.5) is 15.9 Å². The average Bonchev–Trinajstić information content (AvgIpc) is 2.60. The quantitative estimate of drug-likeness (QED) is 0.835. The molecule has 15 heavy (non-hydrogen) atoms. The van der Waals surface area contributed by atoms with E-state index in [1.807, 2.05) is 22.6 Å². The van der Waals surface area contributed by atoms with Crippen LogP contribution in [0.5, 0.6) is 0 Å². The fourth-order valence-electron chi connectivity index (χ4n) is 0.980. The molecule has 1 aromatic heterocycles. The average molecular weight is 356 g/mol. The summed E-state index contributed by atoms with van der Waals surface area (Å²) in [5.74, 6) is 0.171. The molecule has 0 atom stereocenters. The van der Waals surface area contributed by atoms with E-state index >= 15 is 0 Å². The number of nitrogens with one attached hydrogen (secondary N) is 1. The molecule has 2 rings (SSSR count). The molecule has 0 amide bonds. The Morgan fingerprint density at radius 1 is 1.40 bits per heavy atom. The van der Waals surface area contributed by atoms with Gasteiger partial charge in [0.25, 0.3) is 0 Å². The molecule has 0 radical (unpaired) electrons. The van der Waals surface area contributed by atoms with Crippen LogP contribution < -0.4 is 5.32 Å². The number of nitrogens with zero attached hydrogens (tertiary/aromatic N) is 2. The van der Waals surface area contributed by atoms with Crippen LogP contribution in [-0.4, -0.2) is 8.75 Å². The first kappa shape index (κ1) is 11.0. The predicted molar refractivity (Wildman–Crippen MR) is 67.3 cm³/mol. The molecule has 0 aliphatic carbocycles. The summed E-state index contributed by atoms with van der Waals surface area (Å²) < 4.78 is 21.4. The lowest BCUT2D eigenvalue weighted by molar-refractivity contribution is 0.621. The molecule has 0 bridgehead atoms. The Labute approximate surface area is 108 Å². The van der Waals surface area contributed by atoms with Gasteiger partial charge in [0.1, 0.15) is 5.82 Å². The Balaban J connectivity index is 2.33. The van der Waals surface area contributed by atoms with Crippen molar-refractivity contribution < 1.29 is 4.39 Å². The van der Waals surface area contributed by atoms with Gasteiger partial charge in [-0.1, -0.05) is 17.7 Å². The number of rotatable bonds is 2. The number of benzene rings is 1. The maximum atomic E-state index is 13.2. The van der Waals surface area contributed by atoms with Gasteiger partial charge in [0.2, 0.25) is 0 Å². The van der Waals surface area contributed by atoms with E-state index in [4.69, 9.17) is 11.6 Å². The number of aromatic nitrogens is 2. The third-order valence-electron chi connectivity index (χ3n) is 1.65. The van der Waals surface area contributed by atoms with Gasteiger partial charge in [-0.05, 0) is 34.7 Å². The molecular weight excluding hydrogens is 352 g/mol. The van der Waals surface area contributed by atoms with Crippen molar-refractivity contribution in [1.29, 1.82) is 0 Å². The van der Waals surface area contributed by atoms with E-state index in [1.165, 1.54) is 6.07 Å². The zero-order valence-electron chi connectivity index (χ0n) is 7.17. The third-order valence-corrected chi connectivity index (χ3v) is 3.64. The molecule has 2 aromatic rings. The molecule has 0 aliphatic heterocycles. The zero-order valence-corrected chi connectivity index (χ0v) is 10.9. The lowest BCUT2D eigenvalue weighted by Crippen LogP contribution is -1.95. The van der Waals surface area contributed by atoms with E-state index in [9.17, 15) is 4.39 Å². The summed E-state index contributed by atoms with van der Waals surface area (Å²) in [5.41, 5.74) is 0.630. The summed E-state index contributed by atoms with van der Waals surface area (Å²) in [6, 6.07) is 4.77. The van der Waals surface area contributed by atoms with Crippen molar-refractivity contribution in [3.05, 3.63) is 32.7 Å². The fourth-order valence-corrected chi connectivity index (χ4v) is 2.12. The minimum atomic E-state index is -0.278. The van der Waals surface area contributed by atoms with Gasteiger partial charge in [-0.2, -0.15) is 8.75 Å². The van der Waals surface area contributed by atoms with Crippen LogP contribution >= 0.6 is 45.9 Å². The van der Waals surface area contributed by atoms with Gasteiger partial charge in [-0.3, -0.25) is 0 Å². The molecule has 0 spiro atoms. The molecular formula is C8H4ClFIN3S. The first-order chi connectivity index (χ1) is 7.18. The highest BCUT2D eigenvalue weighted by Crippen LogP contribution is 2.27. The molecule has 0 fully saturated rings. The second kappa shape index (κ2) is 4.58. The van der Waals surface area contributed by atoms with Crippen molar-refractivity contribution in [2.24, 2.45) is 0 Å². The van der Waals surface area contributed by atoms with Gasteiger partial charge in [0.05, 0.1) is 21.0 Å². The van der Waals surface area contributed by atoms with Crippen LogP contribution in [0.3, 0.4) is 0 Å². The van der Waals surface area contributed by atoms with E-state index in [0.29, 0.717) is 20.2 Å². The van der Waals surface area contributed by atoms with Gasteiger partial charge >= 0.3 is 0 Å². The molecule has 1 heterocycles. The van der Waals surface area contributed by atoms with Crippen LogP contribution in [-0.2, 0) is 0 Å². The lowest BCUT2D eigenvalue weighted by atomic mass is 10.3. The van der Waals surface area contributed by atoms with Gasteiger partial charge in [0, 0.05) is 0 Å². The van der Waals surface area contributed by atoms with E-state index in [0.717, 1.165) is 11.7 Å². The van der Waals surface area contributed by atoms with Crippen LogP contribution in [0.2, 0.25) is 5.15 Å². The van der Waals surface area contributed by atoms with Crippen LogP contribution in [0.25, 0.3) is 0 Å². The Bertz CT molecular complexity index is 490. The highest BCUT2D eigenvalue weighted by Gasteiger charge is 2.09. The standard InChI is InChI=1S/C8H4ClFIN3S/c9-7-8(14-15-13-7)12-5-3-1-2-4(10)6(5)11/h1-3H,(H,12,14). The van der Waals surface area contributed by atoms with E-state index in [-0.39, 0.29) is 5.82 Å². The summed E-state index contributed by atoms with van der Waals surface area (Å²) >= 11 is 8.68. The van der Waals surface area contributed by atoms with Crippen LogP contribution in [0.15, 0.2) is 18.2 Å². The summed E-state index contributed by atoms with van der Waals surface area (Å²) in [4.78, 5) is 0. The number of anilines is 2. The Hall–Kier alpha value is -0.470. The first-order valence-corrected chi connectivity index (χ1v) is 6.06. The summed E-state index contributed by atoms with van der Waals surface area (Å²) in [7, 11) is 0.